The Morgan fingerprint density at radius 2 is 2.00 bits per heavy atom. The predicted octanol–water partition coefficient (Wildman–Crippen LogP) is 3.29. The van der Waals surface area contributed by atoms with E-state index in [0.717, 1.165) is 9.80 Å². The first-order valence-electron chi connectivity index (χ1n) is 7.14. The maximum atomic E-state index is 12.5. The fourth-order valence-corrected chi connectivity index (χ4v) is 3.53. The molecule has 1 atom stereocenters. The van der Waals surface area contributed by atoms with E-state index in [0.29, 0.717) is 18.5 Å². The number of benzene rings is 1. The highest BCUT2D eigenvalue weighted by molar-refractivity contribution is 8.00. The molecule has 0 saturated carbocycles. The summed E-state index contributed by atoms with van der Waals surface area (Å²) in [6.45, 7) is 0.361. The number of carbonyl (C=O) groups excluding carboxylic acids is 2. The number of nitrogens with one attached hydrogen (secondary N) is 1. The van der Waals surface area contributed by atoms with Crippen LogP contribution in [0.2, 0.25) is 0 Å². The van der Waals surface area contributed by atoms with Crippen molar-refractivity contribution in [2.75, 3.05) is 18.4 Å². The molecule has 0 radical (unpaired) electrons. The molecule has 1 aliphatic rings. The van der Waals surface area contributed by atoms with Gasteiger partial charge < -0.3 is 10.2 Å². The summed E-state index contributed by atoms with van der Waals surface area (Å²) in [6, 6.07) is 6.88. The molecule has 0 spiro atoms. The molecule has 126 valence electrons. The van der Waals surface area contributed by atoms with Crippen molar-refractivity contribution in [2.24, 2.45) is 0 Å². The lowest BCUT2D eigenvalue weighted by molar-refractivity contribution is -0.162. The average molecular weight is 346 g/mol. The molecular formula is C15H17F3N2O2S. The summed E-state index contributed by atoms with van der Waals surface area (Å²) >= 11 is 1.26. The summed E-state index contributed by atoms with van der Waals surface area (Å²) in [5.41, 5.74) is 0.635. The van der Waals surface area contributed by atoms with Crippen molar-refractivity contribution in [3.05, 3.63) is 24.3 Å². The number of anilines is 1. The number of alkyl halides is 3. The molecule has 1 fully saturated rings. The minimum atomic E-state index is -4.37. The molecule has 4 nitrogen and oxygen atoms in total. The number of amides is 2. The summed E-state index contributed by atoms with van der Waals surface area (Å²) in [4.78, 5) is 24.8. The predicted molar refractivity (Wildman–Crippen MR) is 82.3 cm³/mol. The molecule has 0 bridgehead atoms. The highest BCUT2D eigenvalue weighted by Gasteiger charge is 2.37. The van der Waals surface area contributed by atoms with Crippen LogP contribution in [0.3, 0.4) is 0 Å². The lowest BCUT2D eigenvalue weighted by Crippen LogP contribution is -2.47. The highest BCUT2D eigenvalue weighted by atomic mass is 32.2. The van der Waals surface area contributed by atoms with E-state index in [1.165, 1.54) is 18.7 Å². The second-order valence-corrected chi connectivity index (χ2v) is 6.61. The summed E-state index contributed by atoms with van der Waals surface area (Å²) in [5, 5.41) is 2.13. The first-order chi connectivity index (χ1) is 10.7. The summed E-state index contributed by atoms with van der Waals surface area (Å²) in [5.74, 6) is -0.653. The number of thioether (sulfide) groups is 1. The standard InChI is InChI=1S/C15H17F3N2O2S/c1-10(21)19-11-4-6-12(7-5-11)23-13-3-2-8-20(14(13)22)9-15(16,17)18/h4-7,13H,2-3,8-9H2,1H3,(H,19,21)/t13-/m1/s1. The zero-order valence-corrected chi connectivity index (χ0v) is 13.3. The minimum absolute atomic E-state index is 0.150. The number of hydrogen-bond acceptors (Lipinski definition) is 3. The lowest BCUT2D eigenvalue weighted by Gasteiger charge is -2.32. The Hall–Kier alpha value is -1.70. The van der Waals surface area contributed by atoms with Crippen LogP contribution in [0, 0.1) is 0 Å². The average Bonchev–Trinajstić information content (AvgIpc) is 2.43. The quantitative estimate of drug-likeness (QED) is 0.910. The summed E-state index contributed by atoms with van der Waals surface area (Å²) in [7, 11) is 0. The van der Waals surface area contributed by atoms with Gasteiger partial charge in [0.1, 0.15) is 6.54 Å². The Labute approximate surface area is 136 Å². The van der Waals surface area contributed by atoms with E-state index in [9.17, 15) is 22.8 Å². The smallest absolute Gasteiger partial charge is 0.333 e. The van der Waals surface area contributed by atoms with Gasteiger partial charge in [-0.05, 0) is 37.1 Å². The molecule has 0 aliphatic carbocycles. The van der Waals surface area contributed by atoms with Gasteiger partial charge >= 0.3 is 6.18 Å². The fraction of sp³-hybridized carbons (Fsp3) is 0.467. The largest absolute Gasteiger partial charge is 0.406 e. The van der Waals surface area contributed by atoms with E-state index >= 15 is 0 Å². The van der Waals surface area contributed by atoms with Crippen LogP contribution in [0.15, 0.2) is 29.2 Å². The van der Waals surface area contributed by atoms with Crippen molar-refractivity contribution < 1.29 is 22.8 Å². The molecule has 2 rings (SSSR count). The molecule has 8 heteroatoms. The maximum Gasteiger partial charge on any atom is 0.406 e. The van der Waals surface area contributed by atoms with Crippen LogP contribution in [0.4, 0.5) is 18.9 Å². The van der Waals surface area contributed by atoms with E-state index in [4.69, 9.17) is 0 Å². The normalized spacial score (nSPS) is 18.9. The van der Waals surface area contributed by atoms with E-state index in [2.05, 4.69) is 5.32 Å². The maximum absolute atomic E-state index is 12.5. The number of piperidine rings is 1. The Kier molecular flexibility index (Phi) is 5.56. The van der Waals surface area contributed by atoms with Crippen molar-refractivity contribution in [1.29, 1.82) is 0 Å². The first-order valence-corrected chi connectivity index (χ1v) is 8.02. The molecular weight excluding hydrogens is 329 g/mol. The SMILES string of the molecule is CC(=O)Nc1ccc(S[C@@H]2CCCN(CC(F)(F)F)C2=O)cc1. The van der Waals surface area contributed by atoms with Crippen LogP contribution in [0.25, 0.3) is 0 Å². The van der Waals surface area contributed by atoms with Gasteiger partial charge in [0.25, 0.3) is 0 Å². The van der Waals surface area contributed by atoms with Gasteiger partial charge in [-0.3, -0.25) is 9.59 Å². The highest BCUT2D eigenvalue weighted by Crippen LogP contribution is 2.32. The van der Waals surface area contributed by atoms with Gasteiger partial charge in [0, 0.05) is 24.1 Å². The van der Waals surface area contributed by atoms with Gasteiger partial charge in [0.15, 0.2) is 0 Å². The molecule has 1 N–H and O–H groups in total. The third-order valence-electron chi connectivity index (χ3n) is 3.30. The van der Waals surface area contributed by atoms with Crippen molar-refractivity contribution in [2.45, 2.75) is 36.1 Å². The van der Waals surface area contributed by atoms with Crippen LogP contribution >= 0.6 is 11.8 Å². The number of likely N-dealkylation sites (tertiary alicyclic amines) is 1. The number of nitrogens with zero attached hydrogens (tertiary/aromatic N) is 1. The third kappa shape index (κ3) is 5.46. The van der Waals surface area contributed by atoms with E-state index in [1.54, 1.807) is 24.3 Å². The molecule has 1 heterocycles. The Balaban J connectivity index is 1.98. The van der Waals surface area contributed by atoms with Crippen molar-refractivity contribution >= 4 is 29.3 Å². The zero-order valence-electron chi connectivity index (χ0n) is 12.5. The van der Waals surface area contributed by atoms with Crippen LogP contribution in [0.1, 0.15) is 19.8 Å². The molecule has 1 aliphatic heterocycles. The molecule has 1 aromatic rings. The first kappa shape index (κ1) is 17.7. The van der Waals surface area contributed by atoms with Crippen LogP contribution in [0.5, 0.6) is 0 Å². The Morgan fingerprint density at radius 1 is 1.35 bits per heavy atom. The number of rotatable bonds is 4. The fourth-order valence-electron chi connectivity index (χ4n) is 2.37. The zero-order chi connectivity index (χ0) is 17.0. The van der Waals surface area contributed by atoms with Crippen LogP contribution in [-0.2, 0) is 9.59 Å². The van der Waals surface area contributed by atoms with Gasteiger partial charge in [0.05, 0.1) is 5.25 Å². The molecule has 1 saturated heterocycles. The van der Waals surface area contributed by atoms with Crippen LogP contribution in [-0.4, -0.2) is 41.2 Å². The van der Waals surface area contributed by atoms with Crippen molar-refractivity contribution in [1.82, 2.24) is 4.90 Å². The van der Waals surface area contributed by atoms with Crippen molar-refractivity contribution in [3.63, 3.8) is 0 Å². The van der Waals surface area contributed by atoms with Crippen molar-refractivity contribution in [3.8, 4) is 0 Å². The van der Waals surface area contributed by atoms with Crippen LogP contribution < -0.4 is 5.32 Å². The molecule has 0 unspecified atom stereocenters. The third-order valence-corrected chi connectivity index (χ3v) is 4.57. The second-order valence-electron chi connectivity index (χ2n) is 5.33. The Bertz CT molecular complexity index is 575. The van der Waals surface area contributed by atoms with E-state index in [-0.39, 0.29) is 12.5 Å². The van der Waals surface area contributed by atoms with E-state index < -0.39 is 23.9 Å². The number of carbonyl (C=O) groups is 2. The molecule has 23 heavy (non-hydrogen) atoms. The topological polar surface area (TPSA) is 49.4 Å². The minimum Gasteiger partial charge on any atom is -0.333 e. The Morgan fingerprint density at radius 3 is 2.57 bits per heavy atom. The number of halogens is 3. The van der Waals surface area contributed by atoms with Gasteiger partial charge in [-0.1, -0.05) is 0 Å². The molecule has 2 amide bonds. The van der Waals surface area contributed by atoms with Gasteiger partial charge in [-0.15, -0.1) is 11.8 Å². The number of hydrogen-bond donors (Lipinski definition) is 1. The lowest BCUT2D eigenvalue weighted by atomic mass is 10.1. The second kappa shape index (κ2) is 7.25. The summed E-state index contributed by atoms with van der Waals surface area (Å²) < 4.78 is 37.4. The monoisotopic (exact) mass is 346 g/mol. The van der Waals surface area contributed by atoms with Gasteiger partial charge in [0.2, 0.25) is 11.8 Å². The van der Waals surface area contributed by atoms with Gasteiger partial charge in [-0.2, -0.15) is 13.2 Å². The summed E-state index contributed by atoms with van der Waals surface area (Å²) in [6.07, 6.45) is -3.25. The molecule has 1 aromatic carbocycles. The molecule has 0 aromatic heterocycles. The van der Waals surface area contributed by atoms with E-state index in [1.807, 2.05) is 0 Å². The van der Waals surface area contributed by atoms with Gasteiger partial charge in [-0.25, -0.2) is 0 Å².